The van der Waals surface area contributed by atoms with E-state index in [0.717, 1.165) is 12.1 Å². The van der Waals surface area contributed by atoms with Crippen molar-refractivity contribution in [1.29, 1.82) is 0 Å². The van der Waals surface area contributed by atoms with Crippen LogP contribution in [0.4, 0.5) is 23.1 Å². The molecule has 0 unspecified atom stereocenters. The van der Waals surface area contributed by atoms with E-state index in [0.29, 0.717) is 18.6 Å². The first-order chi connectivity index (χ1) is 11.4. The summed E-state index contributed by atoms with van der Waals surface area (Å²) in [6, 6.07) is 3.06. The molecule has 0 fully saturated rings. The second kappa shape index (κ2) is 7.13. The molecule has 0 saturated heterocycles. The molecule has 0 aliphatic rings. The fourth-order valence-corrected chi connectivity index (χ4v) is 1.81. The summed E-state index contributed by atoms with van der Waals surface area (Å²) < 4.78 is 4.67. The average molecular weight is 335 g/mol. The summed E-state index contributed by atoms with van der Waals surface area (Å²) in [6.07, 6.45) is 1.17. The van der Waals surface area contributed by atoms with E-state index in [1.54, 1.807) is 0 Å². The molecule has 24 heavy (non-hydrogen) atoms. The molecule has 1 heterocycles. The number of hydrogen-bond acceptors (Lipinski definition) is 10. The number of aromatic nitrogens is 2. The van der Waals surface area contributed by atoms with E-state index >= 15 is 0 Å². The standard InChI is InChI=1S/C12H13N7O5/c1-2-3-9(11-14-12(13)24-17-11)16-15-8-5-4-7(18(20)21)6-10(8)19(22)23/h4-6,15H,2-3H2,1H3,(H2,13,14,17)/b16-9-. The maximum atomic E-state index is 11.1. The van der Waals surface area contributed by atoms with Crippen molar-refractivity contribution in [1.82, 2.24) is 10.1 Å². The number of hydrazone groups is 1. The van der Waals surface area contributed by atoms with Gasteiger partial charge in [0.05, 0.1) is 15.9 Å². The summed E-state index contributed by atoms with van der Waals surface area (Å²) in [7, 11) is 0. The summed E-state index contributed by atoms with van der Waals surface area (Å²) in [5, 5.41) is 29.5. The Morgan fingerprint density at radius 3 is 2.67 bits per heavy atom. The van der Waals surface area contributed by atoms with Gasteiger partial charge in [-0.15, -0.1) is 0 Å². The molecular weight excluding hydrogens is 322 g/mol. The molecular formula is C12H13N7O5. The minimum Gasteiger partial charge on any atom is -0.351 e. The van der Waals surface area contributed by atoms with E-state index in [2.05, 4.69) is 25.2 Å². The smallest absolute Gasteiger partial charge is 0.319 e. The SMILES string of the molecule is CCC/C(=N/Nc1ccc([N+](=O)[O-])cc1[N+](=O)[O-])c1noc(N)n1. The predicted molar refractivity (Wildman–Crippen MR) is 83.5 cm³/mol. The number of nitro benzene ring substituents is 2. The molecule has 126 valence electrons. The van der Waals surface area contributed by atoms with E-state index in [9.17, 15) is 20.2 Å². The van der Waals surface area contributed by atoms with Gasteiger partial charge in [-0.05, 0) is 12.5 Å². The van der Waals surface area contributed by atoms with Crippen LogP contribution in [0.1, 0.15) is 25.6 Å². The summed E-state index contributed by atoms with van der Waals surface area (Å²) >= 11 is 0. The van der Waals surface area contributed by atoms with Gasteiger partial charge in [-0.25, -0.2) is 0 Å². The molecule has 0 spiro atoms. The van der Waals surface area contributed by atoms with E-state index in [-0.39, 0.29) is 17.5 Å². The second-order valence-corrected chi connectivity index (χ2v) is 4.59. The fourth-order valence-electron chi connectivity index (χ4n) is 1.81. The summed E-state index contributed by atoms with van der Waals surface area (Å²) in [5.41, 5.74) is 7.38. The van der Waals surface area contributed by atoms with Gasteiger partial charge < -0.3 is 10.3 Å². The lowest BCUT2D eigenvalue weighted by molar-refractivity contribution is -0.393. The Hall–Kier alpha value is -3.57. The Morgan fingerprint density at radius 2 is 2.12 bits per heavy atom. The van der Waals surface area contributed by atoms with Crippen molar-refractivity contribution in [3.05, 3.63) is 44.3 Å². The van der Waals surface area contributed by atoms with Crippen LogP contribution in [0, 0.1) is 20.2 Å². The number of benzene rings is 1. The highest BCUT2D eigenvalue weighted by Gasteiger charge is 2.20. The number of hydrogen-bond donors (Lipinski definition) is 2. The first kappa shape index (κ1) is 16.8. The molecule has 12 nitrogen and oxygen atoms in total. The van der Waals surface area contributed by atoms with Crippen molar-refractivity contribution in [2.24, 2.45) is 5.10 Å². The maximum Gasteiger partial charge on any atom is 0.319 e. The highest BCUT2D eigenvalue weighted by atomic mass is 16.6. The van der Waals surface area contributed by atoms with Crippen LogP contribution < -0.4 is 11.2 Å². The van der Waals surface area contributed by atoms with Gasteiger partial charge in [-0.3, -0.25) is 25.7 Å². The van der Waals surface area contributed by atoms with Gasteiger partial charge in [0.2, 0.25) is 5.82 Å². The van der Waals surface area contributed by atoms with Crippen LogP contribution in [0.15, 0.2) is 27.8 Å². The number of nitrogens with one attached hydrogen (secondary N) is 1. The van der Waals surface area contributed by atoms with Gasteiger partial charge in [0.1, 0.15) is 11.4 Å². The molecule has 1 aromatic heterocycles. The molecule has 1 aromatic carbocycles. The van der Waals surface area contributed by atoms with E-state index in [4.69, 9.17) is 5.73 Å². The third-order valence-electron chi connectivity index (χ3n) is 2.89. The molecule has 3 N–H and O–H groups in total. The molecule has 0 bridgehead atoms. The number of nitrogen functional groups attached to an aromatic ring is 1. The number of nitrogens with zero attached hydrogens (tertiary/aromatic N) is 5. The molecule has 0 radical (unpaired) electrons. The van der Waals surface area contributed by atoms with Gasteiger partial charge in [0, 0.05) is 6.07 Å². The quantitative estimate of drug-likeness (QED) is 0.435. The monoisotopic (exact) mass is 335 g/mol. The average Bonchev–Trinajstić information content (AvgIpc) is 2.97. The van der Waals surface area contributed by atoms with Crippen LogP contribution in [-0.2, 0) is 0 Å². The Morgan fingerprint density at radius 1 is 1.38 bits per heavy atom. The van der Waals surface area contributed by atoms with E-state index in [1.165, 1.54) is 6.07 Å². The molecule has 0 amide bonds. The summed E-state index contributed by atoms with van der Waals surface area (Å²) in [6.45, 7) is 1.90. The van der Waals surface area contributed by atoms with Crippen LogP contribution >= 0.6 is 0 Å². The molecule has 2 rings (SSSR count). The Balaban J connectivity index is 2.34. The van der Waals surface area contributed by atoms with Crippen LogP contribution in [0.25, 0.3) is 0 Å². The highest BCUT2D eigenvalue weighted by molar-refractivity contribution is 5.97. The zero-order valence-electron chi connectivity index (χ0n) is 12.5. The zero-order chi connectivity index (χ0) is 17.7. The molecule has 2 aromatic rings. The van der Waals surface area contributed by atoms with Crippen LogP contribution in [0.5, 0.6) is 0 Å². The van der Waals surface area contributed by atoms with Crippen LogP contribution in [0.3, 0.4) is 0 Å². The highest BCUT2D eigenvalue weighted by Crippen LogP contribution is 2.29. The first-order valence-corrected chi connectivity index (χ1v) is 6.77. The minimum absolute atomic E-state index is 0.00401. The molecule has 0 atom stereocenters. The van der Waals surface area contributed by atoms with Crippen LogP contribution in [-0.4, -0.2) is 25.7 Å². The van der Waals surface area contributed by atoms with Crippen LogP contribution in [0.2, 0.25) is 0 Å². The molecule has 0 aliphatic heterocycles. The normalized spacial score (nSPS) is 11.3. The van der Waals surface area contributed by atoms with Gasteiger partial charge in [-0.2, -0.15) is 10.1 Å². The lowest BCUT2D eigenvalue weighted by Crippen LogP contribution is -2.07. The molecule has 0 saturated carbocycles. The predicted octanol–water partition coefficient (Wildman–Crippen LogP) is 2.08. The number of rotatable bonds is 7. The lowest BCUT2D eigenvalue weighted by atomic mass is 10.2. The summed E-state index contributed by atoms with van der Waals surface area (Å²) in [5.74, 6) is 0.159. The van der Waals surface area contributed by atoms with Gasteiger partial charge in [0.15, 0.2) is 0 Å². The lowest BCUT2D eigenvalue weighted by Gasteiger charge is -2.04. The van der Waals surface area contributed by atoms with Crippen molar-refractivity contribution in [2.75, 3.05) is 11.2 Å². The van der Waals surface area contributed by atoms with Gasteiger partial charge in [0.25, 0.3) is 5.69 Å². The Labute approximate surface area is 134 Å². The largest absolute Gasteiger partial charge is 0.351 e. The van der Waals surface area contributed by atoms with Crippen molar-refractivity contribution in [3.63, 3.8) is 0 Å². The van der Waals surface area contributed by atoms with Crippen molar-refractivity contribution in [3.8, 4) is 0 Å². The number of nitrogens with two attached hydrogens (primary N) is 1. The third-order valence-corrected chi connectivity index (χ3v) is 2.89. The second-order valence-electron chi connectivity index (χ2n) is 4.59. The van der Waals surface area contributed by atoms with E-state index < -0.39 is 21.2 Å². The van der Waals surface area contributed by atoms with Crippen molar-refractivity contribution < 1.29 is 14.4 Å². The minimum atomic E-state index is -0.739. The number of anilines is 2. The zero-order valence-corrected chi connectivity index (χ0v) is 12.5. The number of nitro groups is 2. The van der Waals surface area contributed by atoms with Crippen molar-refractivity contribution >= 4 is 28.8 Å². The third kappa shape index (κ3) is 3.79. The van der Waals surface area contributed by atoms with E-state index in [1.807, 2.05) is 6.92 Å². The Bertz CT molecular complexity index is 801. The summed E-state index contributed by atoms with van der Waals surface area (Å²) in [4.78, 5) is 24.2. The molecule has 12 heteroatoms. The molecule has 0 aliphatic carbocycles. The fraction of sp³-hybridized carbons (Fsp3) is 0.250. The Kier molecular flexibility index (Phi) is 4.99. The number of non-ortho nitro benzene ring substituents is 1. The first-order valence-electron chi connectivity index (χ1n) is 6.77. The maximum absolute atomic E-state index is 11.1. The van der Waals surface area contributed by atoms with Gasteiger partial charge in [-0.1, -0.05) is 18.5 Å². The van der Waals surface area contributed by atoms with Gasteiger partial charge >= 0.3 is 11.7 Å². The topological polar surface area (TPSA) is 176 Å². The van der Waals surface area contributed by atoms with Crippen molar-refractivity contribution in [2.45, 2.75) is 19.8 Å².